The highest BCUT2D eigenvalue weighted by Gasteiger charge is 2.42. The maximum absolute atomic E-state index is 13.9. The van der Waals surface area contributed by atoms with Crippen LogP contribution in [-0.2, 0) is 15.1 Å². The molecule has 7 heteroatoms. The van der Waals surface area contributed by atoms with Crippen molar-refractivity contribution in [1.29, 1.82) is 0 Å². The summed E-state index contributed by atoms with van der Waals surface area (Å²) in [6, 6.07) is 25.3. The number of amides is 1. The van der Waals surface area contributed by atoms with Gasteiger partial charge in [-0.1, -0.05) is 48.0 Å². The van der Waals surface area contributed by atoms with Crippen LogP contribution >= 0.6 is 11.6 Å². The quantitative estimate of drug-likeness (QED) is 0.341. The molecule has 4 aromatic rings. The summed E-state index contributed by atoms with van der Waals surface area (Å²) in [4.78, 5) is 12.7. The van der Waals surface area contributed by atoms with Gasteiger partial charge in [0.25, 0.3) is 0 Å². The fraction of sp³-hybridized carbons (Fsp3) is 0.138. The summed E-state index contributed by atoms with van der Waals surface area (Å²) in [7, 11) is 3.21. The Morgan fingerprint density at radius 1 is 0.833 bits per heavy atom. The monoisotopic (exact) mass is 503 g/mol. The van der Waals surface area contributed by atoms with E-state index in [-0.39, 0.29) is 17.5 Å². The predicted molar refractivity (Wildman–Crippen MR) is 137 cm³/mol. The number of fused-ring (bicyclic) bond motifs is 1. The van der Waals surface area contributed by atoms with Crippen LogP contribution in [0.4, 0.5) is 10.1 Å². The van der Waals surface area contributed by atoms with Crippen molar-refractivity contribution in [1.82, 2.24) is 0 Å². The van der Waals surface area contributed by atoms with Crippen molar-refractivity contribution < 1.29 is 23.4 Å². The average molecular weight is 504 g/mol. The predicted octanol–water partition coefficient (Wildman–Crippen LogP) is 6.42. The van der Waals surface area contributed by atoms with E-state index < -0.39 is 11.4 Å². The van der Waals surface area contributed by atoms with Crippen LogP contribution < -0.4 is 14.8 Å². The average Bonchev–Trinajstić information content (AvgIpc) is 3.06. The van der Waals surface area contributed by atoms with E-state index in [0.717, 1.165) is 27.8 Å². The first-order valence-electron chi connectivity index (χ1n) is 11.3. The standard InChI is InChI=1S/C29H23ClFNO4/c1-34-22-9-5-20(6-10-22)29(21-7-11-23(35-2)12-8-21)24-15-18(19-3-13-26(31)25(30)16-19)4-14-27(24)32-28(33)17-36-29/h3-16H,17H2,1-2H3,(H,32,33). The molecular formula is C29H23ClFNO4. The van der Waals surface area contributed by atoms with Crippen LogP contribution in [0.3, 0.4) is 0 Å². The van der Waals surface area contributed by atoms with Crippen molar-refractivity contribution >= 4 is 23.2 Å². The fourth-order valence-corrected chi connectivity index (χ4v) is 4.71. The van der Waals surface area contributed by atoms with Gasteiger partial charge in [0.05, 0.1) is 19.2 Å². The van der Waals surface area contributed by atoms with Gasteiger partial charge in [0.15, 0.2) is 0 Å². The topological polar surface area (TPSA) is 56.8 Å². The second-order valence-corrected chi connectivity index (χ2v) is 8.77. The van der Waals surface area contributed by atoms with Crippen molar-refractivity contribution in [3.05, 3.63) is 112 Å². The van der Waals surface area contributed by atoms with Gasteiger partial charge in [-0.25, -0.2) is 4.39 Å². The lowest BCUT2D eigenvalue weighted by atomic mass is 9.78. The molecule has 0 unspecified atom stereocenters. The summed E-state index contributed by atoms with van der Waals surface area (Å²) < 4.78 is 31.1. The highest BCUT2D eigenvalue weighted by Crippen LogP contribution is 2.47. The number of carbonyl (C=O) groups excluding carboxylic acids is 1. The van der Waals surface area contributed by atoms with Crippen LogP contribution in [0.25, 0.3) is 11.1 Å². The molecule has 36 heavy (non-hydrogen) atoms. The van der Waals surface area contributed by atoms with Crippen LogP contribution in [0.1, 0.15) is 16.7 Å². The summed E-state index contributed by atoms with van der Waals surface area (Å²) >= 11 is 6.08. The Labute approximate surface area is 213 Å². The fourth-order valence-electron chi connectivity index (χ4n) is 4.53. The Bertz CT molecular complexity index is 1370. The van der Waals surface area contributed by atoms with Crippen molar-refractivity contribution in [2.24, 2.45) is 0 Å². The molecule has 0 fully saturated rings. The minimum atomic E-state index is -1.15. The Morgan fingerprint density at radius 3 is 1.94 bits per heavy atom. The van der Waals surface area contributed by atoms with Gasteiger partial charge in [0, 0.05) is 11.3 Å². The van der Waals surface area contributed by atoms with E-state index in [4.69, 9.17) is 25.8 Å². The molecule has 4 aromatic carbocycles. The van der Waals surface area contributed by atoms with Gasteiger partial charge in [0.2, 0.25) is 5.91 Å². The van der Waals surface area contributed by atoms with E-state index in [2.05, 4.69) is 5.32 Å². The van der Waals surface area contributed by atoms with Gasteiger partial charge in [0.1, 0.15) is 29.5 Å². The number of benzene rings is 4. The van der Waals surface area contributed by atoms with Crippen molar-refractivity contribution in [3.63, 3.8) is 0 Å². The van der Waals surface area contributed by atoms with E-state index in [1.165, 1.54) is 6.07 Å². The molecule has 1 aliphatic rings. The van der Waals surface area contributed by atoms with E-state index in [1.807, 2.05) is 66.7 Å². The second-order valence-electron chi connectivity index (χ2n) is 8.36. The van der Waals surface area contributed by atoms with Gasteiger partial charge in [-0.3, -0.25) is 4.79 Å². The third-order valence-corrected chi connectivity index (χ3v) is 6.63. The number of anilines is 1. The summed E-state index contributed by atoms with van der Waals surface area (Å²) in [6.45, 7) is -0.162. The van der Waals surface area contributed by atoms with Crippen LogP contribution in [0, 0.1) is 5.82 Å². The summed E-state index contributed by atoms with van der Waals surface area (Å²) in [5, 5.41) is 2.99. The second kappa shape index (κ2) is 9.64. The lowest BCUT2D eigenvalue weighted by molar-refractivity contribution is -0.123. The minimum absolute atomic E-state index is 0.0311. The number of ether oxygens (including phenoxy) is 3. The number of hydrogen-bond acceptors (Lipinski definition) is 4. The minimum Gasteiger partial charge on any atom is -0.497 e. The largest absolute Gasteiger partial charge is 0.497 e. The molecule has 182 valence electrons. The maximum Gasteiger partial charge on any atom is 0.250 e. The number of hydrogen-bond donors (Lipinski definition) is 1. The number of halogens is 2. The summed E-state index contributed by atoms with van der Waals surface area (Å²) in [5.74, 6) is 0.636. The van der Waals surface area contributed by atoms with Crippen LogP contribution in [0.2, 0.25) is 5.02 Å². The Kier molecular flexibility index (Phi) is 6.39. The summed E-state index contributed by atoms with van der Waals surface area (Å²) in [5.41, 5.74) is 3.33. The summed E-state index contributed by atoms with van der Waals surface area (Å²) in [6.07, 6.45) is 0. The lowest BCUT2D eigenvalue weighted by Gasteiger charge is -2.35. The highest BCUT2D eigenvalue weighted by molar-refractivity contribution is 6.31. The molecule has 1 aliphatic heterocycles. The third kappa shape index (κ3) is 4.19. The Balaban J connectivity index is 1.79. The van der Waals surface area contributed by atoms with Crippen LogP contribution in [-0.4, -0.2) is 26.7 Å². The first-order chi connectivity index (χ1) is 17.4. The molecule has 0 saturated carbocycles. The number of methoxy groups -OCH3 is 2. The molecule has 0 aliphatic carbocycles. The molecule has 0 atom stereocenters. The molecule has 0 radical (unpaired) electrons. The smallest absolute Gasteiger partial charge is 0.250 e. The van der Waals surface area contributed by atoms with Crippen molar-refractivity contribution in [2.45, 2.75) is 5.60 Å². The molecule has 1 amide bonds. The third-order valence-electron chi connectivity index (χ3n) is 6.34. The number of rotatable bonds is 5. The van der Waals surface area contributed by atoms with Crippen molar-refractivity contribution in [2.75, 3.05) is 26.1 Å². The van der Waals surface area contributed by atoms with E-state index in [9.17, 15) is 9.18 Å². The molecule has 0 spiro atoms. The van der Waals surface area contributed by atoms with E-state index in [0.29, 0.717) is 17.2 Å². The van der Waals surface area contributed by atoms with E-state index >= 15 is 0 Å². The first-order valence-corrected chi connectivity index (χ1v) is 11.6. The van der Waals surface area contributed by atoms with E-state index in [1.54, 1.807) is 26.4 Å². The van der Waals surface area contributed by atoms with Gasteiger partial charge in [-0.15, -0.1) is 0 Å². The molecular weight excluding hydrogens is 481 g/mol. The maximum atomic E-state index is 13.9. The van der Waals surface area contributed by atoms with Gasteiger partial charge in [-0.2, -0.15) is 0 Å². The van der Waals surface area contributed by atoms with Crippen LogP contribution in [0.5, 0.6) is 11.5 Å². The normalized spacial score (nSPS) is 14.4. The zero-order valence-corrected chi connectivity index (χ0v) is 20.4. The van der Waals surface area contributed by atoms with Gasteiger partial charge < -0.3 is 19.5 Å². The lowest BCUT2D eigenvalue weighted by Crippen LogP contribution is -2.33. The number of carbonyl (C=O) groups is 1. The molecule has 1 heterocycles. The number of nitrogens with one attached hydrogen (secondary N) is 1. The van der Waals surface area contributed by atoms with Gasteiger partial charge >= 0.3 is 0 Å². The van der Waals surface area contributed by atoms with Gasteiger partial charge in [-0.05, 0) is 70.8 Å². The zero-order valence-electron chi connectivity index (χ0n) is 19.7. The molecule has 5 rings (SSSR count). The molecule has 5 nitrogen and oxygen atoms in total. The molecule has 0 aromatic heterocycles. The highest BCUT2D eigenvalue weighted by atomic mass is 35.5. The molecule has 0 bridgehead atoms. The zero-order chi connectivity index (χ0) is 25.3. The SMILES string of the molecule is COc1ccc(C2(c3ccc(OC)cc3)OCC(=O)Nc3ccc(-c4ccc(F)c(Cl)c4)cc32)cc1. The molecule has 0 saturated heterocycles. The van der Waals surface area contributed by atoms with Crippen molar-refractivity contribution in [3.8, 4) is 22.6 Å². The Morgan fingerprint density at radius 2 is 1.39 bits per heavy atom. The molecule has 1 N–H and O–H groups in total. The Hall–Kier alpha value is -3.87. The first kappa shape index (κ1) is 23.9. The van der Waals surface area contributed by atoms with Crippen LogP contribution in [0.15, 0.2) is 84.9 Å².